The number of carboxylic acid groups (broad SMARTS) is 1. The average molecular weight is 258 g/mol. The van der Waals surface area contributed by atoms with Crippen LogP contribution in [0.4, 0.5) is 0 Å². The molecule has 0 aromatic carbocycles. The minimum absolute atomic E-state index is 0.0383. The van der Waals surface area contributed by atoms with Crippen molar-refractivity contribution >= 4 is 11.9 Å². The number of rotatable bonds is 9. The Kier molecular flexibility index (Phi) is 8.37. The van der Waals surface area contributed by atoms with E-state index in [1.807, 2.05) is 0 Å². The maximum absolute atomic E-state index is 11.6. The zero-order valence-electron chi connectivity index (χ0n) is 11.6. The molecule has 0 aliphatic heterocycles. The summed E-state index contributed by atoms with van der Waals surface area (Å²) in [5.41, 5.74) is 5.63. The van der Waals surface area contributed by atoms with Crippen LogP contribution < -0.4 is 11.1 Å². The number of aliphatic carboxylic acids is 1. The normalized spacial score (nSPS) is 14.3. The van der Waals surface area contributed by atoms with E-state index in [0.717, 1.165) is 6.42 Å². The molecule has 0 aromatic heterocycles. The highest BCUT2D eigenvalue weighted by Crippen LogP contribution is 2.14. The van der Waals surface area contributed by atoms with E-state index in [1.54, 1.807) is 6.92 Å². The third-order valence-corrected chi connectivity index (χ3v) is 2.93. The SMILES string of the molecule is CC(C)CC(CN)CC(=O)NCCC(C)C(=O)O. The summed E-state index contributed by atoms with van der Waals surface area (Å²) < 4.78 is 0. The third kappa shape index (κ3) is 8.06. The van der Waals surface area contributed by atoms with Crippen molar-refractivity contribution in [1.82, 2.24) is 5.32 Å². The molecule has 2 atom stereocenters. The number of carbonyl (C=O) groups excluding carboxylic acids is 1. The number of nitrogens with two attached hydrogens (primary N) is 1. The van der Waals surface area contributed by atoms with Gasteiger partial charge in [-0.3, -0.25) is 9.59 Å². The van der Waals surface area contributed by atoms with Gasteiger partial charge in [-0.05, 0) is 31.2 Å². The molecule has 1 amide bonds. The van der Waals surface area contributed by atoms with E-state index in [-0.39, 0.29) is 11.8 Å². The second kappa shape index (κ2) is 8.91. The molecule has 0 rings (SSSR count). The second-order valence-electron chi connectivity index (χ2n) is 5.31. The zero-order chi connectivity index (χ0) is 14.1. The lowest BCUT2D eigenvalue weighted by Crippen LogP contribution is -2.30. The van der Waals surface area contributed by atoms with Crippen molar-refractivity contribution in [1.29, 1.82) is 0 Å². The fraction of sp³-hybridized carbons (Fsp3) is 0.846. The van der Waals surface area contributed by atoms with Crippen LogP contribution in [-0.4, -0.2) is 30.1 Å². The predicted octanol–water partition coefficient (Wildman–Crippen LogP) is 1.22. The van der Waals surface area contributed by atoms with Crippen LogP contribution in [0.15, 0.2) is 0 Å². The molecule has 2 unspecified atom stereocenters. The number of carbonyl (C=O) groups is 2. The van der Waals surface area contributed by atoms with Crippen LogP contribution in [0.1, 0.15) is 40.0 Å². The third-order valence-electron chi connectivity index (χ3n) is 2.93. The van der Waals surface area contributed by atoms with Crippen molar-refractivity contribution in [3.8, 4) is 0 Å². The first-order chi connectivity index (χ1) is 8.36. The summed E-state index contributed by atoms with van der Waals surface area (Å²) in [6.07, 6.45) is 1.82. The fourth-order valence-corrected chi connectivity index (χ4v) is 1.82. The summed E-state index contributed by atoms with van der Waals surface area (Å²) in [5, 5.41) is 11.4. The number of hydrogen-bond acceptors (Lipinski definition) is 3. The first kappa shape index (κ1) is 16.9. The van der Waals surface area contributed by atoms with Gasteiger partial charge in [-0.25, -0.2) is 0 Å². The maximum Gasteiger partial charge on any atom is 0.306 e. The van der Waals surface area contributed by atoms with Crippen LogP contribution in [0, 0.1) is 17.8 Å². The summed E-state index contributed by atoms with van der Waals surface area (Å²) >= 11 is 0. The van der Waals surface area contributed by atoms with Gasteiger partial charge in [0.2, 0.25) is 5.91 Å². The van der Waals surface area contributed by atoms with Gasteiger partial charge in [-0.15, -0.1) is 0 Å². The Labute approximate surface area is 109 Å². The van der Waals surface area contributed by atoms with Gasteiger partial charge in [0.15, 0.2) is 0 Å². The topological polar surface area (TPSA) is 92.4 Å². The maximum atomic E-state index is 11.6. The van der Waals surface area contributed by atoms with Crippen LogP contribution in [0.5, 0.6) is 0 Å². The second-order valence-corrected chi connectivity index (χ2v) is 5.31. The van der Waals surface area contributed by atoms with Crippen LogP contribution in [0.25, 0.3) is 0 Å². The highest BCUT2D eigenvalue weighted by molar-refractivity contribution is 5.76. The average Bonchev–Trinajstić information content (AvgIpc) is 2.27. The summed E-state index contributed by atoms with van der Waals surface area (Å²) in [6, 6.07) is 0. The van der Waals surface area contributed by atoms with Crippen LogP contribution in [0.2, 0.25) is 0 Å². The molecule has 0 radical (unpaired) electrons. The van der Waals surface area contributed by atoms with E-state index < -0.39 is 11.9 Å². The molecular formula is C13H26N2O3. The van der Waals surface area contributed by atoms with Crippen molar-refractivity contribution < 1.29 is 14.7 Å². The van der Waals surface area contributed by atoms with Gasteiger partial charge in [0.1, 0.15) is 0 Å². The largest absolute Gasteiger partial charge is 0.481 e. The number of carboxylic acids is 1. The molecule has 0 saturated carbocycles. The van der Waals surface area contributed by atoms with Crippen molar-refractivity contribution in [3.05, 3.63) is 0 Å². The molecule has 0 spiro atoms. The van der Waals surface area contributed by atoms with Gasteiger partial charge < -0.3 is 16.2 Å². The molecule has 0 aliphatic rings. The van der Waals surface area contributed by atoms with Crippen molar-refractivity contribution in [2.75, 3.05) is 13.1 Å². The minimum Gasteiger partial charge on any atom is -0.481 e. The van der Waals surface area contributed by atoms with Gasteiger partial charge in [-0.2, -0.15) is 0 Å². The van der Waals surface area contributed by atoms with Crippen molar-refractivity contribution in [3.63, 3.8) is 0 Å². The molecular weight excluding hydrogens is 232 g/mol. The van der Waals surface area contributed by atoms with Gasteiger partial charge in [0, 0.05) is 13.0 Å². The molecule has 18 heavy (non-hydrogen) atoms. The summed E-state index contributed by atoms with van der Waals surface area (Å²) in [6.45, 7) is 6.77. The summed E-state index contributed by atoms with van der Waals surface area (Å²) in [7, 11) is 0. The predicted molar refractivity (Wildman–Crippen MR) is 71.0 cm³/mol. The molecule has 0 saturated heterocycles. The van der Waals surface area contributed by atoms with Crippen molar-refractivity contribution in [2.45, 2.75) is 40.0 Å². The molecule has 0 bridgehead atoms. The fourth-order valence-electron chi connectivity index (χ4n) is 1.82. The highest BCUT2D eigenvalue weighted by Gasteiger charge is 2.15. The lowest BCUT2D eigenvalue weighted by atomic mass is 9.94. The number of nitrogens with one attached hydrogen (secondary N) is 1. The Balaban J connectivity index is 3.85. The summed E-state index contributed by atoms with van der Waals surface area (Å²) in [5.74, 6) is -0.556. The minimum atomic E-state index is -0.830. The molecule has 5 nitrogen and oxygen atoms in total. The van der Waals surface area contributed by atoms with E-state index in [4.69, 9.17) is 10.8 Å². The Bertz CT molecular complexity index is 267. The molecule has 106 valence electrons. The van der Waals surface area contributed by atoms with Gasteiger partial charge in [0.05, 0.1) is 5.92 Å². The molecule has 5 heteroatoms. The number of hydrogen-bond donors (Lipinski definition) is 3. The Morgan fingerprint density at radius 3 is 2.33 bits per heavy atom. The smallest absolute Gasteiger partial charge is 0.306 e. The van der Waals surface area contributed by atoms with Crippen LogP contribution in [-0.2, 0) is 9.59 Å². The van der Waals surface area contributed by atoms with E-state index in [2.05, 4.69) is 19.2 Å². The molecule has 4 N–H and O–H groups in total. The first-order valence-corrected chi connectivity index (χ1v) is 6.56. The Morgan fingerprint density at radius 2 is 1.89 bits per heavy atom. The van der Waals surface area contributed by atoms with E-state index >= 15 is 0 Å². The van der Waals surface area contributed by atoms with E-state index in [0.29, 0.717) is 31.8 Å². The molecule has 0 aromatic rings. The van der Waals surface area contributed by atoms with Crippen LogP contribution in [0.3, 0.4) is 0 Å². The highest BCUT2D eigenvalue weighted by atomic mass is 16.4. The summed E-state index contributed by atoms with van der Waals surface area (Å²) in [4.78, 5) is 22.2. The van der Waals surface area contributed by atoms with E-state index in [9.17, 15) is 9.59 Å². The quantitative estimate of drug-likeness (QED) is 0.580. The first-order valence-electron chi connectivity index (χ1n) is 6.56. The number of amides is 1. The molecule has 0 aliphatic carbocycles. The Hall–Kier alpha value is -1.10. The molecule has 0 fully saturated rings. The standard InChI is InChI=1S/C13H26N2O3/c1-9(2)6-11(8-14)7-12(16)15-5-4-10(3)13(17)18/h9-11H,4-8,14H2,1-3H3,(H,15,16)(H,17,18). The van der Waals surface area contributed by atoms with Gasteiger partial charge >= 0.3 is 5.97 Å². The lowest BCUT2D eigenvalue weighted by Gasteiger charge is -2.16. The van der Waals surface area contributed by atoms with Gasteiger partial charge in [-0.1, -0.05) is 20.8 Å². The van der Waals surface area contributed by atoms with Crippen molar-refractivity contribution in [2.24, 2.45) is 23.5 Å². The molecule has 0 heterocycles. The lowest BCUT2D eigenvalue weighted by molar-refractivity contribution is -0.141. The zero-order valence-corrected chi connectivity index (χ0v) is 11.6. The monoisotopic (exact) mass is 258 g/mol. The van der Waals surface area contributed by atoms with Gasteiger partial charge in [0.25, 0.3) is 0 Å². The van der Waals surface area contributed by atoms with E-state index in [1.165, 1.54) is 0 Å². The Morgan fingerprint density at radius 1 is 1.28 bits per heavy atom. The van der Waals surface area contributed by atoms with Crippen LogP contribution >= 0.6 is 0 Å².